The maximum absolute atomic E-state index is 11.9. The first-order valence-electron chi connectivity index (χ1n) is 9.45. The van der Waals surface area contributed by atoms with Crippen LogP contribution >= 0.6 is 11.6 Å². The van der Waals surface area contributed by atoms with Crippen LogP contribution in [0.4, 0.5) is 9.59 Å². The van der Waals surface area contributed by atoms with Crippen molar-refractivity contribution < 1.29 is 24.2 Å². The molecule has 2 amide bonds. The summed E-state index contributed by atoms with van der Waals surface area (Å²) in [6.07, 6.45) is 0.609. The summed E-state index contributed by atoms with van der Waals surface area (Å²) in [6.45, 7) is 6.42. The SMILES string of the molecule is CC(C)(C)OC(=O)N[C@H](CCl)Cc1ccc(OC2CCN(C(=O)O)CC2)cc1. The zero-order valence-corrected chi connectivity index (χ0v) is 17.4. The molecule has 28 heavy (non-hydrogen) atoms. The molecular formula is C20H29ClN2O5. The minimum Gasteiger partial charge on any atom is -0.490 e. The van der Waals surface area contributed by atoms with Crippen LogP contribution in [0.1, 0.15) is 39.2 Å². The highest BCUT2D eigenvalue weighted by atomic mass is 35.5. The zero-order chi connectivity index (χ0) is 20.7. The van der Waals surface area contributed by atoms with E-state index in [1.807, 2.05) is 45.0 Å². The lowest BCUT2D eigenvalue weighted by atomic mass is 10.1. The number of alkyl carbamates (subject to hydrolysis) is 1. The van der Waals surface area contributed by atoms with E-state index in [2.05, 4.69) is 5.32 Å². The van der Waals surface area contributed by atoms with Crippen molar-refractivity contribution in [3.8, 4) is 5.75 Å². The summed E-state index contributed by atoms with van der Waals surface area (Å²) in [6, 6.07) is 7.43. The number of carbonyl (C=O) groups is 2. The van der Waals surface area contributed by atoms with Crippen LogP contribution in [0.2, 0.25) is 0 Å². The molecule has 1 aliphatic heterocycles. The van der Waals surface area contributed by atoms with Gasteiger partial charge in [-0.1, -0.05) is 12.1 Å². The van der Waals surface area contributed by atoms with Crippen molar-refractivity contribution in [3.63, 3.8) is 0 Å². The number of carboxylic acid groups (broad SMARTS) is 1. The zero-order valence-electron chi connectivity index (χ0n) is 16.6. The Bertz CT molecular complexity index is 652. The molecule has 156 valence electrons. The lowest BCUT2D eigenvalue weighted by Crippen LogP contribution is -2.41. The van der Waals surface area contributed by atoms with Gasteiger partial charge in [0.05, 0.1) is 0 Å². The first kappa shape index (κ1) is 22.1. The number of halogens is 1. The highest BCUT2D eigenvalue weighted by molar-refractivity contribution is 6.18. The second-order valence-electron chi connectivity index (χ2n) is 7.93. The number of alkyl halides is 1. The van der Waals surface area contributed by atoms with Crippen molar-refractivity contribution in [2.75, 3.05) is 19.0 Å². The Morgan fingerprint density at radius 3 is 2.36 bits per heavy atom. The fourth-order valence-electron chi connectivity index (χ4n) is 2.96. The smallest absolute Gasteiger partial charge is 0.407 e. The fraction of sp³-hybridized carbons (Fsp3) is 0.600. The van der Waals surface area contributed by atoms with Crippen LogP contribution in [0.3, 0.4) is 0 Å². The summed E-state index contributed by atoms with van der Waals surface area (Å²) >= 11 is 5.99. The van der Waals surface area contributed by atoms with Gasteiger partial charge in [0.15, 0.2) is 0 Å². The summed E-state index contributed by atoms with van der Waals surface area (Å²) in [5.41, 5.74) is 0.468. The Morgan fingerprint density at radius 2 is 1.86 bits per heavy atom. The average molecular weight is 413 g/mol. The molecular weight excluding hydrogens is 384 g/mol. The Labute approximate surface area is 170 Å². The number of piperidine rings is 1. The van der Waals surface area contributed by atoms with E-state index in [0.29, 0.717) is 32.4 Å². The van der Waals surface area contributed by atoms with E-state index < -0.39 is 17.8 Å². The Kier molecular flexibility index (Phi) is 7.80. The van der Waals surface area contributed by atoms with Crippen LogP contribution in [0.5, 0.6) is 5.75 Å². The van der Waals surface area contributed by atoms with Crippen LogP contribution in [-0.2, 0) is 11.2 Å². The molecule has 1 aliphatic rings. The van der Waals surface area contributed by atoms with Gasteiger partial charge in [-0.05, 0) is 44.9 Å². The van der Waals surface area contributed by atoms with Gasteiger partial charge in [-0.25, -0.2) is 9.59 Å². The maximum atomic E-state index is 11.9. The normalized spacial score (nSPS) is 16.4. The quantitative estimate of drug-likeness (QED) is 0.692. The highest BCUT2D eigenvalue weighted by Gasteiger charge is 2.23. The van der Waals surface area contributed by atoms with Crippen LogP contribution in [0.15, 0.2) is 24.3 Å². The van der Waals surface area contributed by atoms with Gasteiger partial charge < -0.3 is 24.8 Å². The maximum Gasteiger partial charge on any atom is 0.407 e. The van der Waals surface area contributed by atoms with Gasteiger partial charge in [-0.2, -0.15) is 0 Å². The fourth-order valence-corrected chi connectivity index (χ4v) is 3.15. The lowest BCUT2D eigenvalue weighted by molar-refractivity contribution is 0.0509. The number of hydrogen-bond donors (Lipinski definition) is 2. The number of hydrogen-bond acceptors (Lipinski definition) is 4. The second-order valence-corrected chi connectivity index (χ2v) is 8.24. The van der Waals surface area contributed by atoms with Crippen molar-refractivity contribution in [3.05, 3.63) is 29.8 Å². The first-order chi connectivity index (χ1) is 13.2. The van der Waals surface area contributed by atoms with Crippen LogP contribution < -0.4 is 10.1 Å². The predicted molar refractivity (Wildman–Crippen MR) is 107 cm³/mol. The van der Waals surface area contributed by atoms with Crippen LogP contribution in [0, 0.1) is 0 Å². The summed E-state index contributed by atoms with van der Waals surface area (Å²) in [5, 5.41) is 11.8. The predicted octanol–water partition coefficient (Wildman–Crippen LogP) is 3.88. The molecule has 0 bridgehead atoms. The minimum atomic E-state index is -0.878. The lowest BCUT2D eigenvalue weighted by Gasteiger charge is -2.30. The standard InChI is InChI=1S/C20H29ClN2O5/c1-20(2,3)28-18(24)22-15(13-21)12-14-4-6-16(7-5-14)27-17-8-10-23(11-9-17)19(25)26/h4-7,15,17H,8-13H2,1-3H3,(H,22,24)(H,25,26)/t15-/m0/s1. The summed E-state index contributed by atoms with van der Waals surface area (Å²) < 4.78 is 11.2. The molecule has 1 fully saturated rings. The molecule has 1 aromatic rings. The molecule has 1 atom stereocenters. The number of benzene rings is 1. The number of rotatable bonds is 6. The number of carbonyl (C=O) groups excluding carboxylic acids is 1. The van der Waals surface area contributed by atoms with E-state index >= 15 is 0 Å². The van der Waals surface area contributed by atoms with Gasteiger partial charge in [-0.3, -0.25) is 0 Å². The van der Waals surface area contributed by atoms with Gasteiger partial charge in [0, 0.05) is 37.9 Å². The van der Waals surface area contributed by atoms with E-state index in [1.165, 1.54) is 4.90 Å². The Balaban J connectivity index is 1.83. The topological polar surface area (TPSA) is 88.1 Å². The van der Waals surface area contributed by atoms with Gasteiger partial charge in [0.2, 0.25) is 0 Å². The molecule has 1 heterocycles. The second kappa shape index (κ2) is 9.87. The van der Waals surface area contributed by atoms with Crippen molar-refractivity contribution >= 4 is 23.8 Å². The molecule has 8 heteroatoms. The van der Waals surface area contributed by atoms with Crippen molar-refractivity contribution in [2.45, 2.75) is 57.8 Å². The monoisotopic (exact) mass is 412 g/mol. The molecule has 1 saturated heterocycles. The van der Waals surface area contributed by atoms with E-state index in [-0.39, 0.29) is 18.0 Å². The van der Waals surface area contributed by atoms with E-state index in [9.17, 15) is 9.59 Å². The molecule has 0 aromatic heterocycles. The summed E-state index contributed by atoms with van der Waals surface area (Å²) in [5.74, 6) is 1.03. The van der Waals surface area contributed by atoms with Crippen LogP contribution in [-0.4, -0.2) is 58.9 Å². The first-order valence-corrected chi connectivity index (χ1v) is 9.98. The third-order valence-electron chi connectivity index (χ3n) is 4.33. The number of amides is 2. The Hall–Kier alpha value is -2.15. The Morgan fingerprint density at radius 1 is 1.25 bits per heavy atom. The third kappa shape index (κ3) is 7.46. The third-order valence-corrected chi connectivity index (χ3v) is 4.70. The minimum absolute atomic E-state index is 0.0193. The molecule has 2 rings (SSSR count). The van der Waals surface area contributed by atoms with Crippen molar-refractivity contribution in [1.82, 2.24) is 10.2 Å². The average Bonchev–Trinajstić information content (AvgIpc) is 2.61. The molecule has 0 saturated carbocycles. The molecule has 7 nitrogen and oxygen atoms in total. The van der Waals surface area contributed by atoms with Crippen molar-refractivity contribution in [1.29, 1.82) is 0 Å². The summed E-state index contributed by atoms with van der Waals surface area (Å²) in [4.78, 5) is 24.3. The van der Waals surface area contributed by atoms with Crippen molar-refractivity contribution in [2.24, 2.45) is 0 Å². The van der Waals surface area contributed by atoms with Gasteiger partial charge in [-0.15, -0.1) is 11.6 Å². The highest BCUT2D eigenvalue weighted by Crippen LogP contribution is 2.20. The molecule has 0 unspecified atom stereocenters. The molecule has 0 radical (unpaired) electrons. The largest absolute Gasteiger partial charge is 0.490 e. The van der Waals surface area contributed by atoms with E-state index in [1.54, 1.807) is 0 Å². The van der Waals surface area contributed by atoms with Gasteiger partial charge >= 0.3 is 12.2 Å². The number of nitrogens with one attached hydrogen (secondary N) is 1. The molecule has 1 aromatic carbocycles. The molecule has 0 aliphatic carbocycles. The number of nitrogens with zero attached hydrogens (tertiary/aromatic N) is 1. The molecule has 0 spiro atoms. The van der Waals surface area contributed by atoms with E-state index in [0.717, 1.165) is 11.3 Å². The van der Waals surface area contributed by atoms with Gasteiger partial charge in [0.25, 0.3) is 0 Å². The van der Waals surface area contributed by atoms with Gasteiger partial charge in [0.1, 0.15) is 17.5 Å². The van der Waals surface area contributed by atoms with E-state index in [4.69, 9.17) is 26.2 Å². The van der Waals surface area contributed by atoms with Crippen LogP contribution in [0.25, 0.3) is 0 Å². The number of ether oxygens (including phenoxy) is 2. The number of likely N-dealkylation sites (tertiary alicyclic amines) is 1. The molecule has 2 N–H and O–H groups in total. The summed E-state index contributed by atoms with van der Waals surface area (Å²) in [7, 11) is 0.